The molecule has 0 atom stereocenters. The minimum Gasteiger partial charge on any atom is -0.287 e. The minimum absolute atomic E-state index is 0.140. The number of hydrogen-bond donors (Lipinski definition) is 0. The second kappa shape index (κ2) is 6.20. The number of carbonyl (C=O) groups is 1. The summed E-state index contributed by atoms with van der Waals surface area (Å²) in [6.45, 7) is 1.81. The number of aryl methyl sites for hydroxylation is 1. The number of carbonyl (C=O) groups excluding carboxylic acids is 1. The molecule has 3 aromatic rings. The third-order valence-corrected chi connectivity index (χ3v) is 3.80. The number of nitrogens with zero attached hydrogens (tertiary/aromatic N) is 2. The first-order chi connectivity index (χ1) is 10.6. The highest BCUT2D eigenvalue weighted by Crippen LogP contribution is 2.15. The van der Waals surface area contributed by atoms with E-state index in [1.165, 1.54) is 6.08 Å². The molecule has 0 saturated heterocycles. The van der Waals surface area contributed by atoms with Crippen molar-refractivity contribution in [2.75, 3.05) is 0 Å². The van der Waals surface area contributed by atoms with Gasteiger partial charge >= 0.3 is 0 Å². The molecule has 0 radical (unpaired) electrons. The quantitative estimate of drug-likeness (QED) is 0.511. The van der Waals surface area contributed by atoms with E-state index >= 15 is 0 Å². The molecule has 0 aliphatic heterocycles. The van der Waals surface area contributed by atoms with Crippen LogP contribution < -0.4 is 0 Å². The molecule has 0 N–H and O–H groups in total. The maximum atomic E-state index is 12.4. The molecule has 108 valence electrons. The summed E-state index contributed by atoms with van der Waals surface area (Å²) in [4.78, 5) is 21.2. The van der Waals surface area contributed by atoms with Gasteiger partial charge < -0.3 is 0 Å². The number of allylic oxidation sites excluding steroid dienone is 1. The Bertz CT molecular complexity index is 870. The fourth-order valence-corrected chi connectivity index (χ4v) is 2.41. The van der Waals surface area contributed by atoms with Gasteiger partial charge in [0.25, 0.3) is 0 Å². The summed E-state index contributed by atoms with van der Waals surface area (Å²) >= 11 is 3.39. The number of benzene rings is 2. The molecule has 1 aromatic heterocycles. The summed E-state index contributed by atoms with van der Waals surface area (Å²) in [5, 5.41) is 0. The average molecular weight is 353 g/mol. The van der Waals surface area contributed by atoms with Crippen molar-refractivity contribution in [3.63, 3.8) is 0 Å². The third kappa shape index (κ3) is 3.12. The van der Waals surface area contributed by atoms with Gasteiger partial charge in [-0.25, -0.2) is 9.97 Å². The topological polar surface area (TPSA) is 42.9 Å². The summed E-state index contributed by atoms with van der Waals surface area (Å²) in [6.07, 6.45) is 3.32. The molecule has 0 amide bonds. The molecular weight excluding hydrogens is 340 g/mol. The Morgan fingerprint density at radius 1 is 1.00 bits per heavy atom. The third-order valence-electron chi connectivity index (χ3n) is 3.28. The lowest BCUT2D eigenvalue weighted by Gasteiger charge is -2.03. The number of aromatic nitrogens is 2. The largest absolute Gasteiger partial charge is 0.287 e. The molecule has 0 aliphatic rings. The molecular formula is C18H13BrN2O. The molecule has 3 nitrogen and oxygen atoms in total. The van der Waals surface area contributed by atoms with Crippen LogP contribution in [-0.2, 0) is 0 Å². The Labute approximate surface area is 136 Å². The molecule has 2 aromatic carbocycles. The Kier molecular flexibility index (Phi) is 4.11. The van der Waals surface area contributed by atoms with Crippen molar-refractivity contribution in [2.24, 2.45) is 0 Å². The number of rotatable bonds is 3. The first-order valence-corrected chi connectivity index (χ1v) is 7.64. The van der Waals surface area contributed by atoms with Crippen molar-refractivity contribution in [1.29, 1.82) is 0 Å². The highest BCUT2D eigenvalue weighted by molar-refractivity contribution is 9.10. The molecule has 22 heavy (non-hydrogen) atoms. The van der Waals surface area contributed by atoms with E-state index in [4.69, 9.17) is 0 Å². The van der Waals surface area contributed by atoms with Gasteiger partial charge in [0.05, 0.1) is 16.7 Å². The number of halogens is 1. The van der Waals surface area contributed by atoms with Crippen LogP contribution in [0.1, 0.15) is 21.7 Å². The Morgan fingerprint density at radius 3 is 2.32 bits per heavy atom. The Balaban J connectivity index is 1.91. The first-order valence-electron chi connectivity index (χ1n) is 6.85. The average Bonchev–Trinajstić information content (AvgIpc) is 2.53. The number of hydrogen-bond acceptors (Lipinski definition) is 3. The van der Waals surface area contributed by atoms with Crippen LogP contribution in [-0.4, -0.2) is 15.8 Å². The van der Waals surface area contributed by atoms with Crippen LogP contribution in [0, 0.1) is 6.92 Å². The predicted molar refractivity (Wildman–Crippen MR) is 91.8 cm³/mol. The second-order valence-corrected chi connectivity index (χ2v) is 5.81. The normalized spacial score (nSPS) is 11.2. The van der Waals surface area contributed by atoms with Crippen molar-refractivity contribution < 1.29 is 4.79 Å². The molecule has 0 spiro atoms. The SMILES string of the molecule is Cc1nc2ccccc2nc1C(=O)/C=C/c1ccc(Br)cc1. The van der Waals surface area contributed by atoms with Crippen molar-refractivity contribution in [3.05, 3.63) is 76.0 Å². The van der Waals surface area contributed by atoms with Crippen LogP contribution in [0.4, 0.5) is 0 Å². The number of fused-ring (bicyclic) bond motifs is 1. The van der Waals surface area contributed by atoms with Crippen LogP contribution in [0.25, 0.3) is 17.1 Å². The Morgan fingerprint density at radius 2 is 1.64 bits per heavy atom. The molecule has 0 aliphatic carbocycles. The zero-order valence-electron chi connectivity index (χ0n) is 12.0. The standard InChI is InChI=1S/C18H13BrN2O/c1-12-18(21-16-5-3-2-4-15(16)20-12)17(22)11-8-13-6-9-14(19)10-7-13/h2-11H,1H3/b11-8+. The predicted octanol–water partition coefficient (Wildman–Crippen LogP) is 4.60. The van der Waals surface area contributed by atoms with Crippen LogP contribution >= 0.6 is 15.9 Å². The fourth-order valence-electron chi connectivity index (χ4n) is 2.15. The summed E-state index contributed by atoms with van der Waals surface area (Å²) in [6, 6.07) is 15.3. The van der Waals surface area contributed by atoms with Gasteiger partial charge in [0.1, 0.15) is 5.69 Å². The fraction of sp³-hybridized carbons (Fsp3) is 0.0556. The van der Waals surface area contributed by atoms with Gasteiger partial charge in [-0.2, -0.15) is 0 Å². The van der Waals surface area contributed by atoms with Gasteiger partial charge in [-0.15, -0.1) is 0 Å². The first kappa shape index (κ1) is 14.6. The summed E-state index contributed by atoms with van der Waals surface area (Å²) in [7, 11) is 0. The molecule has 3 rings (SSSR count). The van der Waals surface area contributed by atoms with Crippen LogP contribution in [0.2, 0.25) is 0 Å². The van der Waals surface area contributed by atoms with Crippen molar-refractivity contribution in [3.8, 4) is 0 Å². The molecule has 1 heterocycles. The van der Waals surface area contributed by atoms with Gasteiger partial charge in [0.2, 0.25) is 5.78 Å². The highest BCUT2D eigenvalue weighted by Gasteiger charge is 2.10. The lowest BCUT2D eigenvalue weighted by Crippen LogP contribution is -2.04. The van der Waals surface area contributed by atoms with E-state index in [0.717, 1.165) is 21.1 Å². The second-order valence-electron chi connectivity index (χ2n) is 4.90. The van der Waals surface area contributed by atoms with Gasteiger partial charge in [-0.1, -0.05) is 46.3 Å². The zero-order chi connectivity index (χ0) is 15.5. The van der Waals surface area contributed by atoms with Gasteiger partial charge in [0.15, 0.2) is 0 Å². The van der Waals surface area contributed by atoms with E-state index in [0.29, 0.717) is 11.4 Å². The van der Waals surface area contributed by atoms with Crippen LogP contribution in [0.3, 0.4) is 0 Å². The van der Waals surface area contributed by atoms with Gasteiger partial charge in [-0.05, 0) is 42.8 Å². The molecule has 0 unspecified atom stereocenters. The van der Waals surface area contributed by atoms with E-state index in [-0.39, 0.29) is 5.78 Å². The van der Waals surface area contributed by atoms with E-state index < -0.39 is 0 Å². The Hall–Kier alpha value is -2.33. The van der Waals surface area contributed by atoms with Crippen LogP contribution in [0.15, 0.2) is 59.1 Å². The maximum Gasteiger partial charge on any atom is 0.206 e. The monoisotopic (exact) mass is 352 g/mol. The van der Waals surface area contributed by atoms with Gasteiger partial charge in [-0.3, -0.25) is 4.79 Å². The summed E-state index contributed by atoms with van der Waals surface area (Å²) in [5.74, 6) is -0.140. The van der Waals surface area contributed by atoms with Crippen molar-refractivity contribution in [1.82, 2.24) is 9.97 Å². The van der Waals surface area contributed by atoms with Crippen molar-refractivity contribution >= 4 is 38.8 Å². The van der Waals surface area contributed by atoms with Crippen molar-refractivity contribution in [2.45, 2.75) is 6.92 Å². The summed E-state index contributed by atoms with van der Waals surface area (Å²) in [5.41, 5.74) is 3.53. The minimum atomic E-state index is -0.140. The molecule has 4 heteroatoms. The van der Waals surface area contributed by atoms with Gasteiger partial charge in [0, 0.05) is 4.47 Å². The lowest BCUT2D eigenvalue weighted by atomic mass is 10.1. The van der Waals surface area contributed by atoms with E-state index in [1.54, 1.807) is 13.0 Å². The molecule has 0 bridgehead atoms. The molecule has 0 fully saturated rings. The van der Waals surface area contributed by atoms with Crippen LogP contribution in [0.5, 0.6) is 0 Å². The van der Waals surface area contributed by atoms with E-state index in [2.05, 4.69) is 25.9 Å². The highest BCUT2D eigenvalue weighted by atomic mass is 79.9. The molecule has 0 saturated carbocycles. The number of para-hydroxylation sites is 2. The van der Waals surface area contributed by atoms with E-state index in [9.17, 15) is 4.79 Å². The summed E-state index contributed by atoms with van der Waals surface area (Å²) < 4.78 is 1.01. The van der Waals surface area contributed by atoms with E-state index in [1.807, 2.05) is 48.5 Å². The lowest BCUT2D eigenvalue weighted by molar-refractivity contribution is 0.104. The smallest absolute Gasteiger partial charge is 0.206 e. The zero-order valence-corrected chi connectivity index (χ0v) is 13.5. The maximum absolute atomic E-state index is 12.4. The number of ketones is 1.